The third-order valence-electron chi connectivity index (χ3n) is 2.01. The van der Waals surface area contributed by atoms with Crippen molar-refractivity contribution in [1.82, 2.24) is 4.98 Å². The predicted octanol–water partition coefficient (Wildman–Crippen LogP) is 2.70. The molecule has 16 heavy (non-hydrogen) atoms. The Morgan fingerprint density at radius 2 is 2.12 bits per heavy atom. The molecule has 0 bridgehead atoms. The number of nitrogens with zero attached hydrogens (tertiary/aromatic N) is 3. The highest BCUT2D eigenvalue weighted by Crippen LogP contribution is 2.26. The molecule has 1 aromatic heterocycles. The number of hydrogen-bond donors (Lipinski definition) is 0. The highest BCUT2D eigenvalue weighted by Gasteiger charge is 2.20. The molecule has 0 amide bonds. The SMILES string of the molecule is N#CCc1c(C(F)F)ncc(CCl)c1C#N. The fraction of sp³-hybridized carbons (Fsp3) is 0.300. The molecular formula is C10H6ClF2N3. The summed E-state index contributed by atoms with van der Waals surface area (Å²) in [5.41, 5.74) is -0.161. The molecule has 0 aliphatic heterocycles. The van der Waals surface area contributed by atoms with Crippen LogP contribution in [-0.4, -0.2) is 4.98 Å². The van der Waals surface area contributed by atoms with Crippen molar-refractivity contribution < 1.29 is 8.78 Å². The topological polar surface area (TPSA) is 60.5 Å². The van der Waals surface area contributed by atoms with Gasteiger partial charge in [0.2, 0.25) is 0 Å². The van der Waals surface area contributed by atoms with Gasteiger partial charge in [-0.2, -0.15) is 10.5 Å². The zero-order chi connectivity index (χ0) is 12.1. The van der Waals surface area contributed by atoms with Crippen LogP contribution in [0.2, 0.25) is 0 Å². The third kappa shape index (κ3) is 2.26. The van der Waals surface area contributed by atoms with Gasteiger partial charge in [0, 0.05) is 17.3 Å². The second-order valence-corrected chi connectivity index (χ2v) is 3.17. The van der Waals surface area contributed by atoms with Gasteiger partial charge in [0.25, 0.3) is 6.43 Å². The first kappa shape index (κ1) is 12.4. The van der Waals surface area contributed by atoms with Crippen molar-refractivity contribution in [2.24, 2.45) is 0 Å². The maximum atomic E-state index is 12.6. The van der Waals surface area contributed by atoms with Gasteiger partial charge in [-0.05, 0) is 0 Å². The molecule has 0 N–H and O–H groups in total. The standard InChI is InChI=1S/C10H6ClF2N3/c11-3-6-5-16-9(10(12)13)7(1-2-14)8(6)4-15/h5,10H,1,3H2. The normalized spacial score (nSPS) is 9.88. The van der Waals surface area contributed by atoms with E-state index in [1.807, 2.05) is 0 Å². The van der Waals surface area contributed by atoms with Gasteiger partial charge in [-0.1, -0.05) is 0 Å². The molecule has 0 aromatic carbocycles. The molecule has 0 aliphatic rings. The molecule has 6 heteroatoms. The van der Waals surface area contributed by atoms with E-state index in [9.17, 15) is 8.78 Å². The highest BCUT2D eigenvalue weighted by atomic mass is 35.5. The average molecular weight is 242 g/mol. The molecule has 1 aromatic rings. The highest BCUT2D eigenvalue weighted by molar-refractivity contribution is 6.17. The molecule has 0 spiro atoms. The molecule has 0 fully saturated rings. The Labute approximate surface area is 95.9 Å². The summed E-state index contributed by atoms with van der Waals surface area (Å²) in [4.78, 5) is 3.54. The molecule has 0 radical (unpaired) electrons. The Balaban J connectivity index is 3.46. The summed E-state index contributed by atoms with van der Waals surface area (Å²) in [6, 6.07) is 3.52. The van der Waals surface area contributed by atoms with Gasteiger partial charge in [-0.3, -0.25) is 4.98 Å². The van der Waals surface area contributed by atoms with Gasteiger partial charge in [0.15, 0.2) is 0 Å². The number of pyridine rings is 1. The van der Waals surface area contributed by atoms with E-state index in [1.165, 1.54) is 0 Å². The van der Waals surface area contributed by atoms with E-state index in [-0.39, 0.29) is 23.4 Å². The summed E-state index contributed by atoms with van der Waals surface area (Å²) >= 11 is 5.55. The van der Waals surface area contributed by atoms with Gasteiger partial charge in [0.1, 0.15) is 5.69 Å². The largest absolute Gasteiger partial charge is 0.280 e. The van der Waals surface area contributed by atoms with Gasteiger partial charge in [-0.25, -0.2) is 8.78 Å². The number of aromatic nitrogens is 1. The fourth-order valence-electron chi connectivity index (χ4n) is 1.30. The van der Waals surface area contributed by atoms with Crippen molar-refractivity contribution in [2.45, 2.75) is 18.7 Å². The fourth-order valence-corrected chi connectivity index (χ4v) is 1.50. The van der Waals surface area contributed by atoms with Crippen LogP contribution in [0.3, 0.4) is 0 Å². The first-order valence-corrected chi connectivity index (χ1v) is 4.81. The number of rotatable bonds is 3. The number of hydrogen-bond acceptors (Lipinski definition) is 3. The molecule has 0 saturated carbocycles. The van der Waals surface area contributed by atoms with Crippen LogP contribution in [0.5, 0.6) is 0 Å². The Bertz CT molecular complexity index is 474. The summed E-state index contributed by atoms with van der Waals surface area (Å²) in [6.07, 6.45) is -1.94. The lowest BCUT2D eigenvalue weighted by atomic mass is 10.0. The lowest BCUT2D eigenvalue weighted by Crippen LogP contribution is -2.04. The number of nitriles is 2. The summed E-state index contributed by atoms with van der Waals surface area (Å²) in [5.74, 6) is -0.00214. The molecule has 1 rings (SSSR count). The van der Waals surface area contributed by atoms with Crippen LogP contribution in [0.4, 0.5) is 8.78 Å². The molecule has 3 nitrogen and oxygen atoms in total. The van der Waals surface area contributed by atoms with Crippen LogP contribution in [0.25, 0.3) is 0 Å². The Morgan fingerprint density at radius 1 is 1.44 bits per heavy atom. The smallest absolute Gasteiger partial charge is 0.255 e. The second kappa shape index (κ2) is 5.39. The minimum atomic E-state index is -2.81. The maximum Gasteiger partial charge on any atom is 0.280 e. The predicted molar refractivity (Wildman–Crippen MR) is 52.8 cm³/mol. The monoisotopic (exact) mass is 241 g/mol. The number of halogens is 3. The quantitative estimate of drug-likeness (QED) is 0.765. The van der Waals surface area contributed by atoms with Crippen LogP contribution in [0.15, 0.2) is 6.20 Å². The van der Waals surface area contributed by atoms with Crippen molar-refractivity contribution in [1.29, 1.82) is 10.5 Å². The summed E-state index contributed by atoms with van der Waals surface area (Å²) in [6.45, 7) is 0. The third-order valence-corrected chi connectivity index (χ3v) is 2.30. The zero-order valence-corrected chi connectivity index (χ0v) is 8.80. The Morgan fingerprint density at radius 3 is 2.56 bits per heavy atom. The van der Waals surface area contributed by atoms with Gasteiger partial charge in [-0.15, -0.1) is 11.6 Å². The molecule has 0 atom stereocenters. The van der Waals surface area contributed by atoms with E-state index in [0.29, 0.717) is 5.56 Å². The molecule has 1 heterocycles. The van der Waals surface area contributed by atoms with Crippen molar-refractivity contribution >= 4 is 11.6 Å². The first-order valence-electron chi connectivity index (χ1n) is 4.27. The second-order valence-electron chi connectivity index (χ2n) is 2.90. The van der Waals surface area contributed by atoms with Crippen LogP contribution in [0, 0.1) is 22.7 Å². The van der Waals surface area contributed by atoms with Crippen molar-refractivity contribution in [3.8, 4) is 12.1 Å². The van der Waals surface area contributed by atoms with Gasteiger partial charge in [0.05, 0.1) is 30.0 Å². The zero-order valence-electron chi connectivity index (χ0n) is 8.04. The molecule has 0 saturated heterocycles. The van der Waals surface area contributed by atoms with E-state index < -0.39 is 12.1 Å². The minimum Gasteiger partial charge on any atom is -0.255 e. The van der Waals surface area contributed by atoms with E-state index >= 15 is 0 Å². The Kier molecular flexibility index (Phi) is 4.16. The lowest BCUT2D eigenvalue weighted by Gasteiger charge is -2.09. The average Bonchev–Trinajstić information content (AvgIpc) is 2.28. The van der Waals surface area contributed by atoms with Gasteiger partial charge < -0.3 is 0 Å². The summed E-state index contributed by atoms with van der Waals surface area (Å²) in [7, 11) is 0. The van der Waals surface area contributed by atoms with Crippen LogP contribution in [-0.2, 0) is 12.3 Å². The van der Waals surface area contributed by atoms with E-state index in [0.717, 1.165) is 6.20 Å². The van der Waals surface area contributed by atoms with E-state index in [4.69, 9.17) is 22.1 Å². The Hall–Kier alpha value is -1.72. The minimum absolute atomic E-state index is 0.00214. The number of alkyl halides is 3. The van der Waals surface area contributed by atoms with E-state index in [2.05, 4.69) is 4.98 Å². The van der Waals surface area contributed by atoms with Crippen molar-refractivity contribution in [3.63, 3.8) is 0 Å². The van der Waals surface area contributed by atoms with Crippen molar-refractivity contribution in [3.05, 3.63) is 28.6 Å². The maximum absolute atomic E-state index is 12.6. The van der Waals surface area contributed by atoms with E-state index in [1.54, 1.807) is 12.1 Å². The summed E-state index contributed by atoms with van der Waals surface area (Å²) < 4.78 is 25.2. The molecule has 82 valence electrons. The van der Waals surface area contributed by atoms with Crippen LogP contribution < -0.4 is 0 Å². The lowest BCUT2D eigenvalue weighted by molar-refractivity contribution is 0.145. The van der Waals surface area contributed by atoms with Crippen molar-refractivity contribution in [2.75, 3.05) is 0 Å². The molecule has 0 unspecified atom stereocenters. The summed E-state index contributed by atoms with van der Waals surface area (Å²) in [5, 5.41) is 17.4. The van der Waals surface area contributed by atoms with Crippen LogP contribution >= 0.6 is 11.6 Å². The van der Waals surface area contributed by atoms with Gasteiger partial charge >= 0.3 is 0 Å². The van der Waals surface area contributed by atoms with Crippen LogP contribution in [0.1, 0.15) is 28.8 Å². The first-order chi connectivity index (χ1) is 7.65. The molecular weight excluding hydrogens is 236 g/mol. The molecule has 0 aliphatic carbocycles.